The maximum absolute atomic E-state index is 13.7. The minimum Gasteiger partial charge on any atom is -0.497 e. The van der Waals surface area contributed by atoms with Crippen LogP contribution in [0.2, 0.25) is 10.0 Å². The van der Waals surface area contributed by atoms with Gasteiger partial charge in [-0.05, 0) is 36.4 Å². The van der Waals surface area contributed by atoms with E-state index in [-0.39, 0.29) is 6.54 Å². The van der Waals surface area contributed by atoms with Crippen molar-refractivity contribution in [2.24, 2.45) is 0 Å². The lowest BCUT2D eigenvalue weighted by Gasteiger charge is -2.26. The van der Waals surface area contributed by atoms with Gasteiger partial charge >= 0.3 is 5.97 Å². The molecule has 1 aliphatic heterocycles. The molecule has 0 radical (unpaired) electrons. The van der Waals surface area contributed by atoms with E-state index in [9.17, 15) is 14.7 Å². The normalized spacial score (nSPS) is 17.5. The van der Waals surface area contributed by atoms with Crippen LogP contribution in [0.1, 0.15) is 29.2 Å². The van der Waals surface area contributed by atoms with E-state index in [1.54, 1.807) is 67.8 Å². The summed E-state index contributed by atoms with van der Waals surface area (Å²) >= 11 is 12.8. The summed E-state index contributed by atoms with van der Waals surface area (Å²) in [6.07, 6.45) is -2.59. The van der Waals surface area contributed by atoms with E-state index in [0.29, 0.717) is 43.9 Å². The Morgan fingerprint density at radius 1 is 1.03 bits per heavy atom. The number of aliphatic carboxylic acids is 1. The molecule has 1 N–H and O–H groups in total. The molecule has 35 heavy (non-hydrogen) atoms. The van der Waals surface area contributed by atoms with Crippen molar-refractivity contribution in [2.75, 3.05) is 19.1 Å². The van der Waals surface area contributed by atoms with Gasteiger partial charge in [-0.15, -0.1) is 0 Å². The van der Waals surface area contributed by atoms with Crippen LogP contribution in [0.5, 0.6) is 11.5 Å². The first kappa shape index (κ1) is 24.9. The highest BCUT2D eigenvalue weighted by Gasteiger charge is 2.38. The fourth-order valence-corrected chi connectivity index (χ4v) is 4.52. The number of rotatable bonds is 7. The smallest absolute Gasteiger partial charge is 0.306 e. The number of ether oxygens (including phenoxy) is 3. The molecular weight excluding hydrogens is 493 g/mol. The first-order chi connectivity index (χ1) is 16.8. The summed E-state index contributed by atoms with van der Waals surface area (Å²) < 4.78 is 17.0. The monoisotopic (exact) mass is 515 g/mol. The molecular formula is C26H23Cl2NO6. The third-order valence-electron chi connectivity index (χ3n) is 5.78. The van der Waals surface area contributed by atoms with E-state index >= 15 is 0 Å². The Balaban J connectivity index is 1.88. The average molecular weight is 516 g/mol. The lowest BCUT2D eigenvalue weighted by Crippen LogP contribution is -2.40. The highest BCUT2D eigenvalue weighted by atomic mass is 35.5. The Kier molecular flexibility index (Phi) is 7.50. The first-order valence-corrected chi connectivity index (χ1v) is 11.5. The number of anilines is 1. The standard InChI is InChI=1S/C26H23Cl2NO6/c1-33-17-9-7-15(22(12-17)34-2)14-29-21-10-8-16(27)11-19(21)25(18-5-3-4-6-20(18)28)35-23(26(29)32)13-24(30)31/h3-12,23,25H,13-14H2,1-2H3,(H,30,31). The second-order valence-electron chi connectivity index (χ2n) is 7.93. The second-order valence-corrected chi connectivity index (χ2v) is 8.77. The third-order valence-corrected chi connectivity index (χ3v) is 6.35. The molecule has 0 bridgehead atoms. The number of benzene rings is 3. The van der Waals surface area contributed by atoms with Crippen molar-refractivity contribution < 1.29 is 28.9 Å². The molecule has 3 aromatic rings. The summed E-state index contributed by atoms with van der Waals surface area (Å²) in [5.41, 5.74) is 2.44. The number of carbonyl (C=O) groups excluding carboxylic acids is 1. The quantitative estimate of drug-likeness (QED) is 0.446. The van der Waals surface area contributed by atoms with E-state index in [4.69, 9.17) is 37.4 Å². The number of hydrogen-bond acceptors (Lipinski definition) is 5. The predicted molar refractivity (Wildman–Crippen MR) is 133 cm³/mol. The number of halogens is 2. The molecule has 1 heterocycles. The third kappa shape index (κ3) is 5.22. The Labute approximate surface area is 212 Å². The zero-order chi connectivity index (χ0) is 25.1. The van der Waals surface area contributed by atoms with Crippen molar-refractivity contribution in [3.8, 4) is 11.5 Å². The van der Waals surface area contributed by atoms with Gasteiger partial charge in [-0.3, -0.25) is 9.59 Å². The molecule has 9 heteroatoms. The summed E-state index contributed by atoms with van der Waals surface area (Å²) in [5.74, 6) is -0.531. The van der Waals surface area contributed by atoms with Gasteiger partial charge < -0.3 is 24.2 Å². The second kappa shape index (κ2) is 10.6. The lowest BCUT2D eigenvalue weighted by atomic mass is 9.99. The Morgan fingerprint density at radius 2 is 1.80 bits per heavy atom. The molecule has 7 nitrogen and oxygen atoms in total. The van der Waals surface area contributed by atoms with Crippen LogP contribution in [-0.2, 0) is 20.9 Å². The summed E-state index contributed by atoms with van der Waals surface area (Å²) in [7, 11) is 3.08. The summed E-state index contributed by atoms with van der Waals surface area (Å²) in [4.78, 5) is 26.9. The van der Waals surface area contributed by atoms with Crippen LogP contribution in [-0.4, -0.2) is 37.3 Å². The van der Waals surface area contributed by atoms with Gasteiger partial charge in [0, 0.05) is 32.8 Å². The highest BCUT2D eigenvalue weighted by Crippen LogP contribution is 2.42. The number of carboxylic acid groups (broad SMARTS) is 1. The van der Waals surface area contributed by atoms with Gasteiger partial charge in [0.25, 0.3) is 5.91 Å². The molecule has 0 saturated carbocycles. The zero-order valence-electron chi connectivity index (χ0n) is 19.0. The topological polar surface area (TPSA) is 85.3 Å². The number of fused-ring (bicyclic) bond motifs is 1. The van der Waals surface area contributed by atoms with Crippen molar-refractivity contribution in [1.82, 2.24) is 0 Å². The van der Waals surface area contributed by atoms with E-state index in [1.165, 1.54) is 12.0 Å². The highest BCUT2D eigenvalue weighted by molar-refractivity contribution is 6.31. The van der Waals surface area contributed by atoms with Crippen LogP contribution in [0.3, 0.4) is 0 Å². The molecule has 2 atom stereocenters. The van der Waals surface area contributed by atoms with Crippen LogP contribution >= 0.6 is 23.2 Å². The summed E-state index contributed by atoms with van der Waals surface area (Å²) in [6.45, 7) is 0.107. The van der Waals surface area contributed by atoms with Crippen LogP contribution in [0, 0.1) is 0 Å². The van der Waals surface area contributed by atoms with Crippen molar-refractivity contribution in [3.05, 3.63) is 87.4 Å². The lowest BCUT2D eigenvalue weighted by molar-refractivity contribution is -0.146. The largest absolute Gasteiger partial charge is 0.497 e. The van der Waals surface area contributed by atoms with Gasteiger partial charge in [0.15, 0.2) is 0 Å². The average Bonchev–Trinajstić information content (AvgIpc) is 2.94. The first-order valence-electron chi connectivity index (χ1n) is 10.8. The molecule has 182 valence electrons. The predicted octanol–water partition coefficient (Wildman–Crippen LogP) is 5.51. The molecule has 0 spiro atoms. The molecule has 4 rings (SSSR count). The molecule has 2 unspecified atom stereocenters. The molecule has 1 amide bonds. The molecule has 0 aliphatic carbocycles. The van der Waals surface area contributed by atoms with Crippen molar-refractivity contribution in [2.45, 2.75) is 25.2 Å². The van der Waals surface area contributed by atoms with Gasteiger partial charge in [0.05, 0.1) is 32.9 Å². The summed E-state index contributed by atoms with van der Waals surface area (Å²) in [5, 5.41) is 10.4. The van der Waals surface area contributed by atoms with Gasteiger partial charge in [-0.2, -0.15) is 0 Å². The maximum atomic E-state index is 13.7. The van der Waals surface area contributed by atoms with Crippen molar-refractivity contribution in [1.29, 1.82) is 0 Å². The zero-order valence-corrected chi connectivity index (χ0v) is 20.5. The number of carbonyl (C=O) groups is 2. The van der Waals surface area contributed by atoms with Gasteiger partial charge in [0.1, 0.15) is 23.7 Å². The number of nitrogens with zero attached hydrogens (tertiary/aromatic N) is 1. The SMILES string of the molecule is COc1ccc(CN2C(=O)C(CC(=O)O)OC(c3ccccc3Cl)c3cc(Cl)ccc32)c(OC)c1. The van der Waals surface area contributed by atoms with Gasteiger partial charge in [-0.1, -0.05) is 41.4 Å². The molecule has 0 aromatic heterocycles. The van der Waals surface area contributed by atoms with E-state index in [1.807, 2.05) is 0 Å². The van der Waals surface area contributed by atoms with Crippen molar-refractivity contribution >= 4 is 40.8 Å². The fraction of sp³-hybridized carbons (Fsp3) is 0.231. The molecule has 3 aromatic carbocycles. The Morgan fingerprint density at radius 3 is 2.49 bits per heavy atom. The Bertz CT molecular complexity index is 1260. The van der Waals surface area contributed by atoms with Gasteiger partial charge in [0.2, 0.25) is 0 Å². The molecule has 0 fully saturated rings. The summed E-state index contributed by atoms with van der Waals surface area (Å²) in [6, 6.07) is 17.5. The molecule has 0 saturated heterocycles. The van der Waals surface area contributed by atoms with Crippen LogP contribution in [0.25, 0.3) is 0 Å². The minimum absolute atomic E-state index is 0.107. The number of amides is 1. The number of methoxy groups -OCH3 is 2. The van der Waals surface area contributed by atoms with Crippen molar-refractivity contribution in [3.63, 3.8) is 0 Å². The number of hydrogen-bond donors (Lipinski definition) is 1. The van der Waals surface area contributed by atoms with Gasteiger partial charge in [-0.25, -0.2) is 0 Å². The molecule has 1 aliphatic rings. The van der Waals surface area contributed by atoms with Crippen LogP contribution in [0.15, 0.2) is 60.7 Å². The van der Waals surface area contributed by atoms with E-state index < -0.39 is 30.5 Å². The van der Waals surface area contributed by atoms with Crippen LogP contribution in [0.4, 0.5) is 5.69 Å². The van der Waals surface area contributed by atoms with E-state index in [2.05, 4.69) is 0 Å². The van der Waals surface area contributed by atoms with E-state index in [0.717, 1.165) is 0 Å². The fourth-order valence-electron chi connectivity index (χ4n) is 4.11. The minimum atomic E-state index is -1.26. The number of carboxylic acids is 1. The van der Waals surface area contributed by atoms with Crippen LogP contribution < -0.4 is 14.4 Å². The Hall–Kier alpha value is -3.26. The maximum Gasteiger partial charge on any atom is 0.306 e.